The molecule has 0 aliphatic carbocycles. The van der Waals surface area contributed by atoms with Crippen LogP contribution in [0.4, 0.5) is 8.78 Å². The van der Waals surface area contributed by atoms with Gasteiger partial charge < -0.3 is 15.5 Å². The Morgan fingerprint density at radius 3 is 2.00 bits per heavy atom. The van der Waals surface area contributed by atoms with E-state index in [4.69, 9.17) is 0 Å². The SMILES string of the molecule is [NH3+][C@H](C(=O)N1CC[C@H](F)C1)[C@@H](C(=O)N1CCCC1)c1ccc(-c2ccc(F)cc2)cc1. The van der Waals surface area contributed by atoms with Gasteiger partial charge in [0.05, 0.1) is 6.54 Å². The van der Waals surface area contributed by atoms with Crippen LogP contribution >= 0.6 is 0 Å². The van der Waals surface area contributed by atoms with Crippen LogP contribution in [-0.2, 0) is 9.59 Å². The first-order valence-corrected chi connectivity index (χ1v) is 10.8. The summed E-state index contributed by atoms with van der Waals surface area (Å²) in [7, 11) is 0. The van der Waals surface area contributed by atoms with Gasteiger partial charge in [0, 0.05) is 19.6 Å². The molecule has 7 heteroatoms. The number of alkyl halides is 1. The number of amides is 2. The van der Waals surface area contributed by atoms with Crippen molar-refractivity contribution < 1.29 is 24.1 Å². The molecule has 0 radical (unpaired) electrons. The van der Waals surface area contributed by atoms with E-state index in [1.807, 2.05) is 24.3 Å². The van der Waals surface area contributed by atoms with Gasteiger partial charge in [-0.15, -0.1) is 0 Å². The lowest BCUT2D eigenvalue weighted by molar-refractivity contribution is -0.409. The van der Waals surface area contributed by atoms with Crippen LogP contribution in [0.15, 0.2) is 48.5 Å². The molecule has 5 nitrogen and oxygen atoms in total. The molecule has 2 aliphatic heterocycles. The molecule has 3 N–H and O–H groups in total. The molecule has 2 saturated heterocycles. The fourth-order valence-electron chi connectivity index (χ4n) is 4.50. The monoisotopic (exact) mass is 428 g/mol. The summed E-state index contributed by atoms with van der Waals surface area (Å²) in [4.78, 5) is 29.7. The predicted octanol–water partition coefficient (Wildman–Crippen LogP) is 2.38. The summed E-state index contributed by atoms with van der Waals surface area (Å²) >= 11 is 0. The second kappa shape index (κ2) is 9.14. The van der Waals surface area contributed by atoms with Crippen molar-refractivity contribution in [2.45, 2.75) is 37.4 Å². The Labute approximate surface area is 180 Å². The van der Waals surface area contributed by atoms with Gasteiger partial charge in [-0.3, -0.25) is 9.59 Å². The van der Waals surface area contributed by atoms with Crippen molar-refractivity contribution in [1.82, 2.24) is 9.80 Å². The van der Waals surface area contributed by atoms with Crippen LogP contribution in [-0.4, -0.2) is 60.0 Å². The third-order valence-electron chi connectivity index (χ3n) is 6.29. The minimum absolute atomic E-state index is 0.0684. The van der Waals surface area contributed by atoms with Crippen LogP contribution in [0, 0.1) is 5.82 Å². The summed E-state index contributed by atoms with van der Waals surface area (Å²) in [6.07, 6.45) is 1.22. The Morgan fingerprint density at radius 2 is 1.45 bits per heavy atom. The number of carbonyl (C=O) groups excluding carboxylic acids is 2. The van der Waals surface area contributed by atoms with E-state index in [0.717, 1.165) is 24.0 Å². The quantitative estimate of drug-likeness (QED) is 0.795. The van der Waals surface area contributed by atoms with Gasteiger partial charge in [-0.05, 0) is 48.1 Å². The van der Waals surface area contributed by atoms with Crippen molar-refractivity contribution in [1.29, 1.82) is 0 Å². The van der Waals surface area contributed by atoms with Crippen molar-refractivity contribution in [2.24, 2.45) is 0 Å². The van der Waals surface area contributed by atoms with Crippen LogP contribution in [0.3, 0.4) is 0 Å². The maximum absolute atomic E-state index is 13.6. The average molecular weight is 429 g/mol. The van der Waals surface area contributed by atoms with E-state index >= 15 is 0 Å². The highest BCUT2D eigenvalue weighted by molar-refractivity contribution is 5.93. The van der Waals surface area contributed by atoms with Crippen LogP contribution < -0.4 is 5.73 Å². The first kappa shape index (κ1) is 21.4. The fraction of sp³-hybridized carbons (Fsp3) is 0.417. The highest BCUT2D eigenvalue weighted by atomic mass is 19.1. The van der Waals surface area contributed by atoms with Crippen LogP contribution in [0.2, 0.25) is 0 Å². The molecule has 0 saturated carbocycles. The minimum Gasteiger partial charge on any atom is -0.346 e. The first-order chi connectivity index (χ1) is 14.9. The first-order valence-electron chi connectivity index (χ1n) is 10.8. The summed E-state index contributed by atoms with van der Waals surface area (Å²) in [6.45, 7) is 1.79. The molecule has 2 amide bonds. The largest absolute Gasteiger partial charge is 0.346 e. The normalized spacial score (nSPS) is 20.7. The van der Waals surface area contributed by atoms with Gasteiger partial charge in [-0.2, -0.15) is 0 Å². The number of carbonyl (C=O) groups is 2. The zero-order chi connectivity index (χ0) is 22.0. The number of nitrogens with zero attached hydrogens (tertiary/aromatic N) is 2. The number of halogens is 2. The Kier molecular flexibility index (Phi) is 6.32. The molecular weight excluding hydrogens is 400 g/mol. The van der Waals surface area contributed by atoms with E-state index in [2.05, 4.69) is 5.73 Å². The van der Waals surface area contributed by atoms with Gasteiger partial charge in [0.1, 0.15) is 17.9 Å². The number of quaternary nitrogens is 1. The summed E-state index contributed by atoms with van der Waals surface area (Å²) in [5.74, 6) is -1.39. The topological polar surface area (TPSA) is 68.3 Å². The second-order valence-corrected chi connectivity index (χ2v) is 8.42. The molecule has 2 aromatic rings. The zero-order valence-corrected chi connectivity index (χ0v) is 17.5. The van der Waals surface area contributed by atoms with Crippen LogP contribution in [0.1, 0.15) is 30.7 Å². The maximum atomic E-state index is 13.6. The van der Waals surface area contributed by atoms with E-state index in [1.54, 1.807) is 17.0 Å². The van der Waals surface area contributed by atoms with Gasteiger partial charge in [0.2, 0.25) is 5.91 Å². The number of benzene rings is 2. The smallest absolute Gasteiger partial charge is 0.282 e. The third kappa shape index (κ3) is 4.61. The molecular formula is C24H28F2N3O2+. The standard InChI is InChI=1S/C24H27F2N3O2/c25-19-9-7-17(8-10-19)16-3-5-18(6-4-16)21(23(30)28-12-1-2-13-28)22(27)24(31)29-14-11-20(26)15-29/h3-10,20-22H,1-2,11-15,27H2/p+1/t20-,21-,22-/m0/s1. The Bertz CT molecular complexity index is 927. The molecule has 2 fully saturated rings. The molecule has 31 heavy (non-hydrogen) atoms. The fourth-order valence-corrected chi connectivity index (χ4v) is 4.50. The molecule has 3 atom stereocenters. The minimum atomic E-state index is -1.01. The molecule has 164 valence electrons. The molecule has 0 aromatic heterocycles. The molecule has 2 aromatic carbocycles. The molecule has 4 rings (SSSR count). The summed E-state index contributed by atoms with van der Waals surface area (Å²) in [5, 5.41) is 0. The maximum Gasteiger partial charge on any atom is 0.282 e. The van der Waals surface area contributed by atoms with Crippen molar-refractivity contribution in [3.05, 3.63) is 59.9 Å². The Hall–Kier alpha value is -2.80. The zero-order valence-electron chi connectivity index (χ0n) is 17.5. The van der Waals surface area contributed by atoms with E-state index < -0.39 is 18.1 Å². The summed E-state index contributed by atoms with van der Waals surface area (Å²) < 4.78 is 26.9. The van der Waals surface area contributed by atoms with Crippen LogP contribution in [0.5, 0.6) is 0 Å². The summed E-state index contributed by atoms with van der Waals surface area (Å²) in [6, 6.07) is 12.8. The van der Waals surface area contributed by atoms with E-state index in [9.17, 15) is 18.4 Å². The van der Waals surface area contributed by atoms with E-state index in [-0.39, 0.29) is 24.2 Å². The molecule has 0 unspecified atom stereocenters. The van der Waals surface area contributed by atoms with Gasteiger partial charge in [0.25, 0.3) is 5.91 Å². The van der Waals surface area contributed by atoms with Gasteiger partial charge in [-0.1, -0.05) is 36.4 Å². The lowest BCUT2D eigenvalue weighted by atomic mass is 9.88. The molecule has 0 bridgehead atoms. The van der Waals surface area contributed by atoms with Crippen LogP contribution in [0.25, 0.3) is 11.1 Å². The molecule has 2 aliphatic rings. The predicted molar refractivity (Wildman–Crippen MR) is 113 cm³/mol. The number of hydrogen-bond acceptors (Lipinski definition) is 2. The second-order valence-electron chi connectivity index (χ2n) is 8.42. The van der Waals surface area contributed by atoms with Gasteiger partial charge in [-0.25, -0.2) is 8.78 Å². The van der Waals surface area contributed by atoms with Crippen molar-refractivity contribution in [3.63, 3.8) is 0 Å². The lowest BCUT2D eigenvalue weighted by Gasteiger charge is -2.28. The molecule has 2 heterocycles. The van der Waals surface area contributed by atoms with E-state index in [0.29, 0.717) is 31.6 Å². The summed E-state index contributed by atoms with van der Waals surface area (Å²) in [5.41, 5.74) is 6.54. The average Bonchev–Trinajstić information content (AvgIpc) is 3.46. The highest BCUT2D eigenvalue weighted by Gasteiger charge is 2.42. The Balaban J connectivity index is 1.61. The van der Waals surface area contributed by atoms with Crippen molar-refractivity contribution in [2.75, 3.05) is 26.2 Å². The molecule has 0 spiro atoms. The van der Waals surface area contributed by atoms with Crippen molar-refractivity contribution in [3.8, 4) is 11.1 Å². The number of rotatable bonds is 5. The van der Waals surface area contributed by atoms with Crippen molar-refractivity contribution >= 4 is 11.8 Å². The highest BCUT2D eigenvalue weighted by Crippen LogP contribution is 2.28. The lowest BCUT2D eigenvalue weighted by Crippen LogP contribution is -2.71. The van der Waals surface area contributed by atoms with Gasteiger partial charge >= 0.3 is 0 Å². The Morgan fingerprint density at radius 1 is 0.871 bits per heavy atom. The number of hydrogen-bond donors (Lipinski definition) is 1. The number of likely N-dealkylation sites (tertiary alicyclic amines) is 2. The van der Waals surface area contributed by atoms with Gasteiger partial charge in [0.15, 0.2) is 6.04 Å². The van der Waals surface area contributed by atoms with E-state index in [1.165, 1.54) is 17.0 Å². The third-order valence-corrected chi connectivity index (χ3v) is 6.29.